The van der Waals surface area contributed by atoms with Crippen molar-refractivity contribution in [2.45, 2.75) is 31.6 Å². The SMILES string of the molecule is CC(C)C(Cl)C1CC1c1ccccc1. The van der Waals surface area contributed by atoms with E-state index in [1.807, 2.05) is 0 Å². The molecule has 0 N–H and O–H groups in total. The Morgan fingerprint density at radius 3 is 2.43 bits per heavy atom. The number of hydrogen-bond donors (Lipinski definition) is 0. The molecular formula is C13H17Cl. The van der Waals surface area contributed by atoms with Crippen molar-refractivity contribution in [1.29, 1.82) is 0 Å². The monoisotopic (exact) mass is 208 g/mol. The predicted octanol–water partition coefficient (Wildman–Crippen LogP) is 4.05. The molecule has 1 aromatic rings. The molecule has 2 rings (SSSR count). The summed E-state index contributed by atoms with van der Waals surface area (Å²) in [5.41, 5.74) is 1.46. The van der Waals surface area contributed by atoms with Gasteiger partial charge in [0, 0.05) is 5.38 Å². The first-order valence-electron chi connectivity index (χ1n) is 5.39. The van der Waals surface area contributed by atoms with Gasteiger partial charge in [-0.25, -0.2) is 0 Å². The Balaban J connectivity index is 2.00. The minimum atomic E-state index is 0.347. The van der Waals surface area contributed by atoms with E-state index in [0.29, 0.717) is 17.2 Å². The van der Waals surface area contributed by atoms with E-state index in [4.69, 9.17) is 11.6 Å². The maximum atomic E-state index is 6.36. The molecule has 0 heterocycles. The van der Waals surface area contributed by atoms with Crippen molar-refractivity contribution in [1.82, 2.24) is 0 Å². The largest absolute Gasteiger partial charge is 0.122 e. The lowest BCUT2D eigenvalue weighted by Crippen LogP contribution is -2.10. The number of alkyl halides is 1. The Morgan fingerprint density at radius 2 is 1.86 bits per heavy atom. The van der Waals surface area contributed by atoms with Crippen LogP contribution in [0.15, 0.2) is 30.3 Å². The number of hydrogen-bond acceptors (Lipinski definition) is 0. The van der Waals surface area contributed by atoms with Gasteiger partial charge in [0.15, 0.2) is 0 Å². The van der Waals surface area contributed by atoms with Gasteiger partial charge in [0.1, 0.15) is 0 Å². The van der Waals surface area contributed by atoms with Crippen LogP contribution in [-0.2, 0) is 0 Å². The van der Waals surface area contributed by atoms with Crippen molar-refractivity contribution in [3.63, 3.8) is 0 Å². The molecule has 0 nitrogen and oxygen atoms in total. The quantitative estimate of drug-likeness (QED) is 0.658. The van der Waals surface area contributed by atoms with Crippen molar-refractivity contribution in [2.75, 3.05) is 0 Å². The number of halogens is 1. The molecule has 1 aliphatic rings. The van der Waals surface area contributed by atoms with Gasteiger partial charge in [0.25, 0.3) is 0 Å². The van der Waals surface area contributed by atoms with Gasteiger partial charge >= 0.3 is 0 Å². The lowest BCUT2D eigenvalue weighted by molar-refractivity contribution is 0.542. The van der Waals surface area contributed by atoms with E-state index in [1.54, 1.807) is 0 Å². The molecule has 0 saturated heterocycles. The third-order valence-electron chi connectivity index (χ3n) is 3.11. The summed E-state index contributed by atoms with van der Waals surface area (Å²) in [7, 11) is 0. The first-order chi connectivity index (χ1) is 6.70. The van der Waals surface area contributed by atoms with Gasteiger partial charge in [-0.1, -0.05) is 44.2 Å². The van der Waals surface area contributed by atoms with Crippen LogP contribution in [0.25, 0.3) is 0 Å². The predicted molar refractivity (Wildman–Crippen MR) is 61.8 cm³/mol. The zero-order chi connectivity index (χ0) is 10.1. The minimum Gasteiger partial charge on any atom is -0.122 e. The molecule has 1 saturated carbocycles. The van der Waals surface area contributed by atoms with Crippen molar-refractivity contribution in [3.8, 4) is 0 Å². The van der Waals surface area contributed by atoms with Gasteiger partial charge in [-0.05, 0) is 29.7 Å². The second-order valence-electron chi connectivity index (χ2n) is 4.61. The average molecular weight is 209 g/mol. The fourth-order valence-corrected chi connectivity index (χ4v) is 2.42. The third-order valence-corrected chi connectivity index (χ3v) is 3.94. The summed E-state index contributed by atoms with van der Waals surface area (Å²) in [6.07, 6.45) is 1.27. The van der Waals surface area contributed by atoms with E-state index >= 15 is 0 Å². The van der Waals surface area contributed by atoms with Gasteiger partial charge in [0.2, 0.25) is 0 Å². The average Bonchev–Trinajstić information content (AvgIpc) is 2.97. The lowest BCUT2D eigenvalue weighted by atomic mass is 10.0. The second-order valence-corrected chi connectivity index (χ2v) is 5.11. The zero-order valence-corrected chi connectivity index (χ0v) is 9.54. The van der Waals surface area contributed by atoms with Crippen LogP contribution < -0.4 is 0 Å². The van der Waals surface area contributed by atoms with Gasteiger partial charge in [0.05, 0.1) is 0 Å². The summed E-state index contributed by atoms with van der Waals surface area (Å²) in [5.74, 6) is 2.02. The highest BCUT2D eigenvalue weighted by atomic mass is 35.5. The molecular weight excluding hydrogens is 192 g/mol. The molecule has 1 aromatic carbocycles. The molecule has 1 heteroatoms. The highest BCUT2D eigenvalue weighted by Gasteiger charge is 2.43. The Bertz CT molecular complexity index is 291. The zero-order valence-electron chi connectivity index (χ0n) is 8.78. The molecule has 0 aromatic heterocycles. The van der Waals surface area contributed by atoms with Gasteiger partial charge in [-0.3, -0.25) is 0 Å². The van der Waals surface area contributed by atoms with Crippen molar-refractivity contribution in [3.05, 3.63) is 35.9 Å². The Kier molecular flexibility index (Phi) is 2.83. The van der Waals surface area contributed by atoms with E-state index in [2.05, 4.69) is 44.2 Å². The van der Waals surface area contributed by atoms with Crippen LogP contribution in [0.2, 0.25) is 0 Å². The normalized spacial score (nSPS) is 27.7. The summed E-state index contributed by atoms with van der Waals surface area (Å²) < 4.78 is 0. The summed E-state index contributed by atoms with van der Waals surface area (Å²) in [4.78, 5) is 0. The molecule has 0 radical (unpaired) electrons. The van der Waals surface area contributed by atoms with Crippen LogP contribution in [0.3, 0.4) is 0 Å². The van der Waals surface area contributed by atoms with Crippen LogP contribution in [0.1, 0.15) is 31.7 Å². The topological polar surface area (TPSA) is 0 Å². The molecule has 14 heavy (non-hydrogen) atoms. The molecule has 0 aliphatic heterocycles. The second kappa shape index (κ2) is 3.94. The first kappa shape index (κ1) is 10.0. The summed E-state index contributed by atoms with van der Waals surface area (Å²) >= 11 is 6.36. The van der Waals surface area contributed by atoms with Crippen molar-refractivity contribution >= 4 is 11.6 Å². The Hall–Kier alpha value is -0.490. The van der Waals surface area contributed by atoms with Crippen molar-refractivity contribution < 1.29 is 0 Å². The van der Waals surface area contributed by atoms with E-state index in [1.165, 1.54) is 12.0 Å². The van der Waals surface area contributed by atoms with Crippen LogP contribution in [0, 0.1) is 11.8 Å². The van der Waals surface area contributed by atoms with Crippen LogP contribution in [-0.4, -0.2) is 5.38 Å². The molecule has 76 valence electrons. The fourth-order valence-electron chi connectivity index (χ4n) is 2.14. The minimum absolute atomic E-state index is 0.347. The molecule has 0 bridgehead atoms. The van der Waals surface area contributed by atoms with Crippen LogP contribution in [0.4, 0.5) is 0 Å². The first-order valence-corrected chi connectivity index (χ1v) is 5.83. The maximum Gasteiger partial charge on any atom is 0.0393 e. The van der Waals surface area contributed by atoms with E-state index in [-0.39, 0.29) is 0 Å². The summed E-state index contributed by atoms with van der Waals surface area (Å²) in [6, 6.07) is 10.7. The number of benzene rings is 1. The highest BCUT2D eigenvalue weighted by molar-refractivity contribution is 6.21. The van der Waals surface area contributed by atoms with Crippen molar-refractivity contribution in [2.24, 2.45) is 11.8 Å². The Labute approximate surface area is 91.3 Å². The highest BCUT2D eigenvalue weighted by Crippen LogP contribution is 2.52. The summed E-state index contributed by atoms with van der Waals surface area (Å²) in [6.45, 7) is 4.41. The molecule has 3 unspecified atom stereocenters. The third kappa shape index (κ3) is 1.95. The molecule has 3 atom stereocenters. The van der Waals surface area contributed by atoms with E-state index in [0.717, 1.165) is 5.92 Å². The lowest BCUT2D eigenvalue weighted by Gasteiger charge is -2.12. The molecule has 0 amide bonds. The summed E-state index contributed by atoms with van der Waals surface area (Å²) in [5, 5.41) is 0.347. The smallest absolute Gasteiger partial charge is 0.0393 e. The van der Waals surface area contributed by atoms with Crippen LogP contribution in [0.5, 0.6) is 0 Å². The standard InChI is InChI=1S/C13H17Cl/c1-9(2)13(14)12-8-11(12)10-6-4-3-5-7-10/h3-7,9,11-13H,8H2,1-2H3. The van der Waals surface area contributed by atoms with Gasteiger partial charge in [-0.15, -0.1) is 11.6 Å². The van der Waals surface area contributed by atoms with Crippen LogP contribution >= 0.6 is 11.6 Å². The molecule has 1 aliphatic carbocycles. The fraction of sp³-hybridized carbons (Fsp3) is 0.538. The van der Waals surface area contributed by atoms with E-state index < -0.39 is 0 Å². The van der Waals surface area contributed by atoms with Gasteiger partial charge in [-0.2, -0.15) is 0 Å². The molecule has 0 spiro atoms. The number of rotatable bonds is 3. The Morgan fingerprint density at radius 1 is 1.21 bits per heavy atom. The van der Waals surface area contributed by atoms with Gasteiger partial charge < -0.3 is 0 Å². The maximum absolute atomic E-state index is 6.36. The van der Waals surface area contributed by atoms with E-state index in [9.17, 15) is 0 Å². The molecule has 1 fully saturated rings.